The van der Waals surface area contributed by atoms with Crippen LogP contribution in [0.25, 0.3) is 0 Å². The van der Waals surface area contributed by atoms with E-state index in [9.17, 15) is 9.59 Å². The first-order valence-electron chi connectivity index (χ1n) is 11.2. The molecule has 2 aromatic rings. The highest BCUT2D eigenvalue weighted by molar-refractivity contribution is 6.08. The van der Waals surface area contributed by atoms with E-state index in [1.165, 1.54) is 14.2 Å². The molecule has 6 atom stereocenters. The summed E-state index contributed by atoms with van der Waals surface area (Å²) in [7, 11) is 2.72. The number of carbonyl (C=O) groups excluding carboxylic acids is 2. The number of rotatable bonds is 4. The van der Waals surface area contributed by atoms with Crippen molar-refractivity contribution in [3.63, 3.8) is 0 Å². The number of ether oxygens (including phenoxy) is 2. The number of nitrogens with zero attached hydrogens (tertiary/aromatic N) is 2. The second kappa shape index (κ2) is 7.44. The van der Waals surface area contributed by atoms with Crippen LogP contribution in [-0.4, -0.2) is 37.9 Å². The molecule has 0 spiro atoms. The molecule has 1 saturated carbocycles. The van der Waals surface area contributed by atoms with E-state index in [-0.39, 0.29) is 35.6 Å². The molecular weight excluding hydrogens is 416 g/mol. The van der Waals surface area contributed by atoms with Gasteiger partial charge >= 0.3 is 11.9 Å². The monoisotopic (exact) mass is 440 g/mol. The zero-order valence-corrected chi connectivity index (χ0v) is 18.4. The van der Waals surface area contributed by atoms with Crippen molar-refractivity contribution in [2.75, 3.05) is 19.2 Å². The van der Waals surface area contributed by atoms with Crippen molar-refractivity contribution in [1.82, 2.24) is 0 Å². The fourth-order valence-corrected chi connectivity index (χ4v) is 6.43. The van der Waals surface area contributed by atoms with E-state index in [1.807, 2.05) is 36.4 Å². The minimum atomic E-state index is -0.454. The number of anilines is 1. The molecule has 6 nitrogen and oxygen atoms in total. The Balaban J connectivity index is 1.50. The molecule has 7 rings (SSSR count). The predicted molar refractivity (Wildman–Crippen MR) is 123 cm³/mol. The quantitative estimate of drug-likeness (QED) is 0.537. The number of hydrogen-bond donors (Lipinski definition) is 0. The van der Waals surface area contributed by atoms with Crippen molar-refractivity contribution in [1.29, 1.82) is 0 Å². The SMILES string of the molecule is COC(=O)C1=C(C(=O)OC)[C@@H]2C=C[C@H]1[C@@H]1[C@H]2[C@H]2C(c3ccccc3)=NN(c3ccccc3)[C@H]21. The van der Waals surface area contributed by atoms with Gasteiger partial charge < -0.3 is 9.47 Å². The molecule has 0 unspecified atom stereocenters. The van der Waals surface area contributed by atoms with E-state index in [0.29, 0.717) is 11.1 Å². The van der Waals surface area contributed by atoms with Crippen molar-refractivity contribution in [3.8, 4) is 0 Å². The third-order valence-electron chi connectivity index (χ3n) is 7.65. The van der Waals surface area contributed by atoms with E-state index < -0.39 is 11.9 Å². The molecule has 0 N–H and O–H groups in total. The number of para-hydroxylation sites is 1. The Morgan fingerprint density at radius 2 is 1.33 bits per heavy atom. The number of allylic oxidation sites excluding steroid dienone is 2. The summed E-state index contributed by atoms with van der Waals surface area (Å²) in [6, 6.07) is 20.5. The maximum absolute atomic E-state index is 12.8. The number of hydrazone groups is 1. The minimum absolute atomic E-state index is 0.101. The zero-order valence-electron chi connectivity index (χ0n) is 18.4. The summed E-state index contributed by atoms with van der Waals surface area (Å²) in [6.45, 7) is 0. The number of carbonyl (C=O) groups is 2. The molecule has 0 amide bonds. The van der Waals surface area contributed by atoms with Gasteiger partial charge in [-0.1, -0.05) is 60.7 Å². The van der Waals surface area contributed by atoms with Crippen molar-refractivity contribution in [2.45, 2.75) is 6.04 Å². The summed E-state index contributed by atoms with van der Waals surface area (Å²) in [6.07, 6.45) is 4.15. The Bertz CT molecular complexity index is 1220. The molecule has 2 aromatic carbocycles. The smallest absolute Gasteiger partial charge is 0.334 e. The molecule has 1 aliphatic heterocycles. The van der Waals surface area contributed by atoms with E-state index >= 15 is 0 Å². The van der Waals surface area contributed by atoms with E-state index in [2.05, 4.69) is 41.4 Å². The van der Waals surface area contributed by atoms with Crippen LogP contribution in [0, 0.1) is 29.6 Å². The number of benzene rings is 2. The molecule has 0 aromatic heterocycles. The van der Waals surface area contributed by atoms with Crippen LogP contribution in [-0.2, 0) is 19.1 Å². The molecule has 1 heterocycles. The summed E-state index contributed by atoms with van der Waals surface area (Å²) < 4.78 is 10.2. The van der Waals surface area contributed by atoms with Gasteiger partial charge in [0.1, 0.15) is 0 Å². The number of hydrogen-bond acceptors (Lipinski definition) is 6. The topological polar surface area (TPSA) is 68.2 Å². The van der Waals surface area contributed by atoms with Crippen LogP contribution in [0.3, 0.4) is 0 Å². The standard InChI is InChI=1S/C27H24N2O4/c1-32-26(30)21-17-13-14-18(22(21)27(31)33-2)20-19(17)23-24(15-9-5-3-6-10-15)28-29(25(20)23)16-11-7-4-8-12-16/h3-14,17-20,23,25H,1-2H3/t17-,18+,19+,20-,23+,25+/m1/s1. The first kappa shape index (κ1) is 20.0. The third kappa shape index (κ3) is 2.70. The largest absolute Gasteiger partial charge is 0.466 e. The second-order valence-electron chi connectivity index (χ2n) is 8.95. The van der Waals surface area contributed by atoms with E-state index in [0.717, 1.165) is 17.0 Å². The lowest BCUT2D eigenvalue weighted by molar-refractivity contribution is -0.142. The molecule has 166 valence electrons. The number of fused-ring (bicyclic) bond motifs is 1. The van der Waals surface area contributed by atoms with Crippen LogP contribution in [0.2, 0.25) is 0 Å². The van der Waals surface area contributed by atoms with Crippen LogP contribution < -0.4 is 5.01 Å². The van der Waals surface area contributed by atoms with Crippen molar-refractivity contribution in [3.05, 3.63) is 89.5 Å². The summed E-state index contributed by atoms with van der Waals surface area (Å²) in [5.74, 6) is -0.851. The third-order valence-corrected chi connectivity index (χ3v) is 7.65. The van der Waals surface area contributed by atoms with Crippen LogP contribution in [0.1, 0.15) is 5.56 Å². The molecular formula is C27H24N2O4. The second-order valence-corrected chi connectivity index (χ2v) is 8.95. The van der Waals surface area contributed by atoms with Gasteiger partial charge in [0.05, 0.1) is 42.8 Å². The van der Waals surface area contributed by atoms with E-state index in [1.54, 1.807) is 0 Å². The Morgan fingerprint density at radius 3 is 1.91 bits per heavy atom. The van der Waals surface area contributed by atoms with Crippen molar-refractivity contribution in [2.24, 2.45) is 34.7 Å². The Morgan fingerprint density at radius 1 is 0.788 bits per heavy atom. The Kier molecular flexibility index (Phi) is 4.50. The molecule has 5 aliphatic rings. The number of methoxy groups -OCH3 is 2. The maximum atomic E-state index is 12.8. The highest BCUT2D eigenvalue weighted by Crippen LogP contribution is 2.64. The lowest BCUT2D eigenvalue weighted by atomic mass is 9.44. The van der Waals surface area contributed by atoms with Gasteiger partial charge in [-0.25, -0.2) is 9.59 Å². The predicted octanol–water partition coefficient (Wildman–Crippen LogP) is 3.60. The van der Waals surface area contributed by atoms with Gasteiger partial charge in [0.2, 0.25) is 0 Å². The van der Waals surface area contributed by atoms with Gasteiger partial charge in [0.15, 0.2) is 0 Å². The Labute approximate surface area is 192 Å². The van der Waals surface area contributed by atoms with Gasteiger partial charge in [0, 0.05) is 17.8 Å². The lowest BCUT2D eigenvalue weighted by Gasteiger charge is -2.60. The summed E-state index contributed by atoms with van der Waals surface area (Å²) in [5.41, 5.74) is 4.04. The summed E-state index contributed by atoms with van der Waals surface area (Å²) >= 11 is 0. The fraction of sp³-hybridized carbons (Fsp3) is 0.296. The molecule has 1 fully saturated rings. The molecule has 33 heavy (non-hydrogen) atoms. The highest BCUT2D eigenvalue weighted by atomic mass is 16.5. The van der Waals surface area contributed by atoms with Gasteiger partial charge in [-0.3, -0.25) is 5.01 Å². The van der Waals surface area contributed by atoms with Crippen LogP contribution in [0.4, 0.5) is 5.69 Å². The van der Waals surface area contributed by atoms with Crippen molar-refractivity contribution < 1.29 is 19.1 Å². The molecule has 6 heteroatoms. The maximum Gasteiger partial charge on any atom is 0.334 e. The van der Waals surface area contributed by atoms with Gasteiger partial charge in [-0.15, -0.1) is 0 Å². The van der Waals surface area contributed by atoms with Gasteiger partial charge in [-0.2, -0.15) is 5.10 Å². The number of esters is 2. The molecule has 2 bridgehead atoms. The lowest BCUT2D eigenvalue weighted by Crippen LogP contribution is -2.65. The summed E-state index contributed by atoms with van der Waals surface area (Å²) in [4.78, 5) is 25.7. The first-order chi connectivity index (χ1) is 16.2. The Hall–Kier alpha value is -3.67. The normalized spacial score (nSPS) is 30.8. The minimum Gasteiger partial charge on any atom is -0.466 e. The highest BCUT2D eigenvalue weighted by Gasteiger charge is 2.67. The average molecular weight is 440 g/mol. The fourth-order valence-electron chi connectivity index (χ4n) is 6.43. The molecule has 0 radical (unpaired) electrons. The first-order valence-corrected chi connectivity index (χ1v) is 11.2. The zero-order chi connectivity index (χ0) is 22.7. The van der Waals surface area contributed by atoms with Crippen LogP contribution >= 0.6 is 0 Å². The summed E-state index contributed by atoms with van der Waals surface area (Å²) in [5, 5.41) is 7.25. The van der Waals surface area contributed by atoms with Crippen molar-refractivity contribution >= 4 is 23.3 Å². The van der Waals surface area contributed by atoms with Crippen LogP contribution in [0.5, 0.6) is 0 Å². The molecule has 0 saturated heterocycles. The van der Waals surface area contributed by atoms with E-state index in [4.69, 9.17) is 14.6 Å². The average Bonchev–Trinajstić information content (AvgIpc) is 3.20. The van der Waals surface area contributed by atoms with Gasteiger partial charge in [-0.05, 0) is 29.5 Å². The molecule has 4 aliphatic carbocycles. The van der Waals surface area contributed by atoms with Gasteiger partial charge in [0.25, 0.3) is 0 Å². The van der Waals surface area contributed by atoms with Crippen LogP contribution in [0.15, 0.2) is 89.1 Å².